The third-order valence-corrected chi connectivity index (χ3v) is 2.99. The molecule has 0 spiro atoms. The Labute approximate surface area is 117 Å². The lowest BCUT2D eigenvalue weighted by molar-refractivity contribution is 0.317. The summed E-state index contributed by atoms with van der Waals surface area (Å²) in [6.45, 7) is 2.63. The zero-order chi connectivity index (χ0) is 14.5. The van der Waals surface area contributed by atoms with Crippen molar-refractivity contribution in [2.75, 3.05) is 6.61 Å². The Bertz CT molecular complexity index is 586. The fourth-order valence-corrected chi connectivity index (χ4v) is 1.95. The fraction of sp³-hybridized carbons (Fsp3) is 0.250. The first-order valence-corrected chi connectivity index (χ1v) is 6.55. The molecule has 1 atom stereocenters. The molecule has 0 saturated carbocycles. The van der Waals surface area contributed by atoms with Gasteiger partial charge in [0, 0.05) is 11.6 Å². The zero-order valence-electron chi connectivity index (χ0n) is 11.3. The quantitative estimate of drug-likeness (QED) is 0.902. The van der Waals surface area contributed by atoms with Crippen molar-refractivity contribution in [3.05, 3.63) is 65.2 Å². The van der Waals surface area contributed by atoms with Crippen LogP contribution in [0.2, 0.25) is 0 Å². The highest BCUT2D eigenvalue weighted by Crippen LogP contribution is 2.25. The molecule has 2 nitrogen and oxygen atoms in total. The number of hydrogen-bond acceptors (Lipinski definition) is 2. The van der Waals surface area contributed by atoms with Gasteiger partial charge in [-0.05, 0) is 30.2 Å². The second-order valence-electron chi connectivity index (χ2n) is 4.56. The van der Waals surface area contributed by atoms with Gasteiger partial charge in [0.15, 0.2) is 0 Å². The van der Waals surface area contributed by atoms with Crippen LogP contribution in [0.4, 0.5) is 8.78 Å². The number of benzene rings is 2. The van der Waals surface area contributed by atoms with Gasteiger partial charge in [-0.25, -0.2) is 8.78 Å². The molecule has 2 aromatic carbocycles. The maximum absolute atomic E-state index is 13.7. The van der Waals surface area contributed by atoms with Gasteiger partial charge in [0.05, 0.1) is 12.6 Å². The van der Waals surface area contributed by atoms with Crippen LogP contribution in [0.15, 0.2) is 42.5 Å². The van der Waals surface area contributed by atoms with Crippen LogP contribution >= 0.6 is 0 Å². The molecule has 0 radical (unpaired) electrons. The maximum Gasteiger partial charge on any atom is 0.131 e. The van der Waals surface area contributed by atoms with Crippen LogP contribution in [0.1, 0.15) is 30.5 Å². The minimum absolute atomic E-state index is 0.263. The molecule has 0 saturated heterocycles. The molecule has 4 heteroatoms. The van der Waals surface area contributed by atoms with Crippen molar-refractivity contribution < 1.29 is 13.5 Å². The maximum atomic E-state index is 13.7. The van der Waals surface area contributed by atoms with Gasteiger partial charge in [-0.3, -0.25) is 0 Å². The monoisotopic (exact) mass is 277 g/mol. The molecule has 0 bridgehead atoms. The van der Waals surface area contributed by atoms with E-state index in [4.69, 9.17) is 10.5 Å². The molecule has 2 N–H and O–H groups in total. The highest BCUT2D eigenvalue weighted by Gasteiger charge is 2.14. The second-order valence-corrected chi connectivity index (χ2v) is 4.56. The van der Waals surface area contributed by atoms with E-state index in [0.29, 0.717) is 12.4 Å². The normalized spacial score (nSPS) is 12.2. The zero-order valence-corrected chi connectivity index (χ0v) is 11.3. The SMILES string of the molecule is CCCOc1cccc(C(N)c2ccc(F)cc2F)c1. The van der Waals surface area contributed by atoms with Gasteiger partial charge in [-0.15, -0.1) is 0 Å². The Balaban J connectivity index is 2.26. The number of rotatable bonds is 5. The van der Waals surface area contributed by atoms with E-state index in [9.17, 15) is 8.78 Å². The molecule has 0 heterocycles. The van der Waals surface area contributed by atoms with E-state index in [1.54, 1.807) is 12.1 Å². The minimum Gasteiger partial charge on any atom is -0.494 e. The molecule has 0 fully saturated rings. The molecular formula is C16H17F2NO. The Morgan fingerprint density at radius 3 is 2.65 bits per heavy atom. The predicted octanol–water partition coefficient (Wildman–Crippen LogP) is 3.80. The summed E-state index contributed by atoms with van der Waals surface area (Å²) in [4.78, 5) is 0. The highest BCUT2D eigenvalue weighted by atomic mass is 19.1. The summed E-state index contributed by atoms with van der Waals surface area (Å²) in [5.41, 5.74) is 7.04. The molecular weight excluding hydrogens is 260 g/mol. The smallest absolute Gasteiger partial charge is 0.131 e. The minimum atomic E-state index is -0.652. The first-order chi connectivity index (χ1) is 9.61. The van der Waals surface area contributed by atoms with E-state index in [0.717, 1.165) is 18.1 Å². The van der Waals surface area contributed by atoms with Gasteiger partial charge in [-0.1, -0.05) is 25.1 Å². The Hall–Kier alpha value is -1.94. The van der Waals surface area contributed by atoms with Gasteiger partial charge < -0.3 is 10.5 Å². The topological polar surface area (TPSA) is 35.2 Å². The van der Waals surface area contributed by atoms with Crippen molar-refractivity contribution >= 4 is 0 Å². The lowest BCUT2D eigenvalue weighted by atomic mass is 9.99. The molecule has 20 heavy (non-hydrogen) atoms. The lowest BCUT2D eigenvalue weighted by Gasteiger charge is -2.15. The summed E-state index contributed by atoms with van der Waals surface area (Å²) in [7, 11) is 0. The van der Waals surface area contributed by atoms with Gasteiger partial charge in [0.2, 0.25) is 0 Å². The van der Waals surface area contributed by atoms with Crippen molar-refractivity contribution in [1.29, 1.82) is 0 Å². The number of halogens is 2. The van der Waals surface area contributed by atoms with E-state index in [1.807, 2.05) is 19.1 Å². The average Bonchev–Trinajstić information content (AvgIpc) is 2.45. The predicted molar refractivity (Wildman–Crippen MR) is 74.6 cm³/mol. The molecule has 0 aliphatic rings. The lowest BCUT2D eigenvalue weighted by Crippen LogP contribution is -2.14. The van der Waals surface area contributed by atoms with E-state index in [1.165, 1.54) is 12.1 Å². The van der Waals surface area contributed by atoms with Crippen LogP contribution in [-0.4, -0.2) is 6.61 Å². The van der Waals surface area contributed by atoms with Crippen LogP contribution in [0.25, 0.3) is 0 Å². The van der Waals surface area contributed by atoms with Crippen LogP contribution in [0.5, 0.6) is 5.75 Å². The number of hydrogen-bond donors (Lipinski definition) is 1. The summed E-state index contributed by atoms with van der Waals surface area (Å²) in [6, 6.07) is 9.97. The van der Waals surface area contributed by atoms with Crippen LogP contribution in [0.3, 0.4) is 0 Å². The molecule has 2 aromatic rings. The van der Waals surface area contributed by atoms with E-state index in [-0.39, 0.29) is 5.56 Å². The Kier molecular flexibility index (Phi) is 4.69. The van der Waals surface area contributed by atoms with Gasteiger partial charge in [0.25, 0.3) is 0 Å². The molecule has 1 unspecified atom stereocenters. The molecule has 106 valence electrons. The molecule has 2 rings (SSSR count). The summed E-state index contributed by atoms with van der Waals surface area (Å²) < 4.78 is 32.2. The molecule has 0 amide bonds. The highest BCUT2D eigenvalue weighted by molar-refractivity contribution is 5.37. The van der Waals surface area contributed by atoms with Gasteiger partial charge in [0.1, 0.15) is 17.4 Å². The van der Waals surface area contributed by atoms with E-state index >= 15 is 0 Å². The Morgan fingerprint density at radius 1 is 1.15 bits per heavy atom. The van der Waals surface area contributed by atoms with Crippen molar-refractivity contribution in [1.82, 2.24) is 0 Å². The molecule has 0 aliphatic heterocycles. The third-order valence-electron chi connectivity index (χ3n) is 2.99. The van der Waals surface area contributed by atoms with Gasteiger partial charge in [-0.2, -0.15) is 0 Å². The number of nitrogens with two attached hydrogens (primary N) is 1. The molecule has 0 aliphatic carbocycles. The first-order valence-electron chi connectivity index (χ1n) is 6.55. The largest absolute Gasteiger partial charge is 0.494 e. The van der Waals surface area contributed by atoms with Crippen LogP contribution in [0, 0.1) is 11.6 Å². The van der Waals surface area contributed by atoms with Crippen molar-refractivity contribution in [2.24, 2.45) is 5.73 Å². The van der Waals surface area contributed by atoms with E-state index < -0.39 is 17.7 Å². The number of ether oxygens (including phenoxy) is 1. The average molecular weight is 277 g/mol. The summed E-state index contributed by atoms with van der Waals surface area (Å²) in [5, 5.41) is 0. The first kappa shape index (κ1) is 14.5. The van der Waals surface area contributed by atoms with Crippen molar-refractivity contribution in [2.45, 2.75) is 19.4 Å². The third kappa shape index (κ3) is 3.33. The second kappa shape index (κ2) is 6.48. The van der Waals surface area contributed by atoms with Crippen LogP contribution in [-0.2, 0) is 0 Å². The fourth-order valence-electron chi connectivity index (χ4n) is 1.95. The summed E-state index contributed by atoms with van der Waals surface area (Å²) >= 11 is 0. The molecule has 0 aromatic heterocycles. The van der Waals surface area contributed by atoms with Gasteiger partial charge >= 0.3 is 0 Å². The van der Waals surface area contributed by atoms with Crippen LogP contribution < -0.4 is 10.5 Å². The standard InChI is InChI=1S/C16H17F2NO/c1-2-8-20-13-5-3-4-11(9-13)16(19)14-7-6-12(17)10-15(14)18/h3-7,9-10,16H,2,8,19H2,1H3. The van der Waals surface area contributed by atoms with E-state index in [2.05, 4.69) is 0 Å². The Morgan fingerprint density at radius 2 is 1.95 bits per heavy atom. The van der Waals surface area contributed by atoms with Crippen molar-refractivity contribution in [3.63, 3.8) is 0 Å². The summed E-state index contributed by atoms with van der Waals surface area (Å²) in [5.74, 6) is -0.557. The van der Waals surface area contributed by atoms with Crippen molar-refractivity contribution in [3.8, 4) is 5.75 Å². The summed E-state index contributed by atoms with van der Waals surface area (Å²) in [6.07, 6.45) is 0.906.